The second kappa shape index (κ2) is 6.72. The third-order valence-corrected chi connectivity index (χ3v) is 3.86. The Kier molecular flexibility index (Phi) is 4.96. The lowest BCUT2D eigenvalue weighted by Gasteiger charge is -2.29. The quantitative estimate of drug-likeness (QED) is 0.860. The summed E-state index contributed by atoms with van der Waals surface area (Å²) in [7, 11) is 0. The molecule has 0 bridgehead atoms. The molecular weight excluding hydrogens is 266 g/mol. The molecule has 3 N–H and O–H groups in total. The second-order valence-electron chi connectivity index (χ2n) is 5.79. The predicted octanol–water partition coefficient (Wildman–Crippen LogP) is 1.39. The molecule has 1 heterocycles. The minimum atomic E-state index is -0.516. The average Bonchev–Trinajstić information content (AvgIpc) is 2.97. The van der Waals surface area contributed by atoms with E-state index in [1.54, 1.807) is 24.3 Å². The van der Waals surface area contributed by atoms with Gasteiger partial charge >= 0.3 is 0 Å². The highest BCUT2D eigenvalue weighted by Gasteiger charge is 2.24. The molecule has 1 aliphatic rings. The summed E-state index contributed by atoms with van der Waals surface area (Å²) < 4.78 is 0. The van der Waals surface area contributed by atoms with Crippen molar-refractivity contribution in [2.75, 3.05) is 13.1 Å². The lowest BCUT2D eigenvalue weighted by atomic mass is 10.1. The molecule has 1 aromatic carbocycles. The predicted molar refractivity (Wildman–Crippen MR) is 82.2 cm³/mol. The summed E-state index contributed by atoms with van der Waals surface area (Å²) in [6, 6.07) is 7.08. The van der Waals surface area contributed by atoms with Gasteiger partial charge in [0.25, 0.3) is 5.91 Å². The van der Waals surface area contributed by atoms with Crippen LogP contribution in [0.3, 0.4) is 0 Å². The van der Waals surface area contributed by atoms with E-state index in [2.05, 4.69) is 5.32 Å². The van der Waals surface area contributed by atoms with Crippen molar-refractivity contribution in [2.45, 2.75) is 38.8 Å². The first kappa shape index (κ1) is 15.5. The fourth-order valence-corrected chi connectivity index (χ4v) is 2.65. The Morgan fingerprint density at radius 3 is 2.67 bits per heavy atom. The fourth-order valence-electron chi connectivity index (χ4n) is 2.65. The number of hydrogen-bond acceptors (Lipinski definition) is 3. The molecule has 0 spiro atoms. The van der Waals surface area contributed by atoms with Crippen molar-refractivity contribution in [1.82, 2.24) is 10.2 Å². The number of hydrogen-bond donors (Lipinski definition) is 2. The highest BCUT2D eigenvalue weighted by molar-refractivity contribution is 5.99. The van der Waals surface area contributed by atoms with Gasteiger partial charge in [-0.1, -0.05) is 6.07 Å². The van der Waals surface area contributed by atoms with Crippen LogP contribution in [-0.2, 0) is 0 Å². The SMILES string of the molecule is CC(C)N(CC1CCCN1)C(=O)c1cccc(C(N)=O)c1. The fraction of sp³-hybridized carbons (Fsp3) is 0.500. The Balaban J connectivity index is 2.17. The highest BCUT2D eigenvalue weighted by atomic mass is 16.2. The van der Waals surface area contributed by atoms with Crippen LogP contribution in [0.25, 0.3) is 0 Å². The number of nitrogens with zero attached hydrogens (tertiary/aromatic N) is 1. The number of nitrogens with two attached hydrogens (primary N) is 1. The van der Waals surface area contributed by atoms with Crippen LogP contribution < -0.4 is 11.1 Å². The number of amides is 2. The van der Waals surface area contributed by atoms with Gasteiger partial charge in [-0.3, -0.25) is 9.59 Å². The van der Waals surface area contributed by atoms with Crippen molar-refractivity contribution in [1.29, 1.82) is 0 Å². The first-order valence-electron chi connectivity index (χ1n) is 7.43. The zero-order valence-electron chi connectivity index (χ0n) is 12.6. The van der Waals surface area contributed by atoms with Crippen LogP contribution in [0.2, 0.25) is 0 Å². The summed E-state index contributed by atoms with van der Waals surface area (Å²) in [5, 5.41) is 3.41. The van der Waals surface area contributed by atoms with E-state index >= 15 is 0 Å². The van der Waals surface area contributed by atoms with Crippen LogP contribution in [0.15, 0.2) is 24.3 Å². The van der Waals surface area contributed by atoms with Crippen LogP contribution in [0.5, 0.6) is 0 Å². The topological polar surface area (TPSA) is 75.4 Å². The molecule has 1 atom stereocenters. The molecule has 1 aromatic rings. The largest absolute Gasteiger partial charge is 0.366 e. The maximum Gasteiger partial charge on any atom is 0.254 e. The maximum atomic E-state index is 12.7. The summed E-state index contributed by atoms with van der Waals surface area (Å²) in [6.07, 6.45) is 2.25. The molecule has 1 aliphatic heterocycles. The first-order chi connectivity index (χ1) is 9.99. The van der Waals surface area contributed by atoms with Crippen molar-refractivity contribution in [3.63, 3.8) is 0 Å². The summed E-state index contributed by atoms with van der Waals surface area (Å²) in [4.78, 5) is 25.8. The van der Waals surface area contributed by atoms with Crippen molar-refractivity contribution in [3.8, 4) is 0 Å². The van der Waals surface area contributed by atoms with Crippen molar-refractivity contribution in [2.24, 2.45) is 5.73 Å². The van der Waals surface area contributed by atoms with E-state index in [1.165, 1.54) is 0 Å². The third-order valence-electron chi connectivity index (χ3n) is 3.86. The van der Waals surface area contributed by atoms with Crippen LogP contribution in [-0.4, -0.2) is 41.9 Å². The number of primary amides is 1. The standard InChI is InChI=1S/C16H23N3O2/c1-11(2)19(10-14-7-4-8-18-14)16(21)13-6-3-5-12(9-13)15(17)20/h3,5-6,9,11,14,18H,4,7-8,10H2,1-2H3,(H2,17,20). The van der Waals surface area contributed by atoms with E-state index < -0.39 is 5.91 Å². The van der Waals surface area contributed by atoms with Crippen LogP contribution in [0.4, 0.5) is 0 Å². The molecule has 2 amide bonds. The van der Waals surface area contributed by atoms with E-state index in [0.717, 1.165) is 19.4 Å². The van der Waals surface area contributed by atoms with Crippen molar-refractivity contribution < 1.29 is 9.59 Å². The van der Waals surface area contributed by atoms with Crippen LogP contribution in [0.1, 0.15) is 47.4 Å². The Morgan fingerprint density at radius 2 is 2.10 bits per heavy atom. The maximum absolute atomic E-state index is 12.7. The van der Waals surface area contributed by atoms with Gasteiger partial charge in [0.2, 0.25) is 5.91 Å². The monoisotopic (exact) mass is 289 g/mol. The Labute approximate surface area is 125 Å². The zero-order valence-corrected chi connectivity index (χ0v) is 12.6. The van der Waals surface area contributed by atoms with Crippen molar-refractivity contribution in [3.05, 3.63) is 35.4 Å². The molecule has 0 saturated carbocycles. The molecule has 0 aromatic heterocycles. The molecule has 5 heteroatoms. The van der Waals surface area contributed by atoms with Crippen LogP contribution >= 0.6 is 0 Å². The van der Waals surface area contributed by atoms with Gasteiger partial charge in [-0.15, -0.1) is 0 Å². The number of carbonyl (C=O) groups excluding carboxylic acids is 2. The zero-order chi connectivity index (χ0) is 15.4. The second-order valence-corrected chi connectivity index (χ2v) is 5.79. The highest BCUT2D eigenvalue weighted by Crippen LogP contribution is 2.14. The minimum Gasteiger partial charge on any atom is -0.366 e. The molecule has 0 radical (unpaired) electrons. The van der Waals surface area contributed by atoms with Crippen LogP contribution in [0, 0.1) is 0 Å². The number of nitrogens with one attached hydrogen (secondary N) is 1. The van der Waals surface area contributed by atoms with Crippen molar-refractivity contribution >= 4 is 11.8 Å². The van der Waals surface area contributed by atoms with Gasteiger partial charge in [0.1, 0.15) is 0 Å². The van der Waals surface area contributed by atoms with E-state index in [-0.39, 0.29) is 11.9 Å². The van der Waals surface area contributed by atoms with Gasteiger partial charge < -0.3 is 16.0 Å². The molecule has 0 aliphatic carbocycles. The van der Waals surface area contributed by atoms with E-state index in [4.69, 9.17) is 5.73 Å². The molecule has 1 fully saturated rings. The first-order valence-corrected chi connectivity index (χ1v) is 7.43. The number of rotatable bonds is 5. The summed E-state index contributed by atoms with van der Waals surface area (Å²) in [6.45, 7) is 5.72. The van der Waals surface area contributed by atoms with Gasteiger partial charge in [0.05, 0.1) is 0 Å². The van der Waals surface area contributed by atoms with E-state index in [1.807, 2.05) is 18.7 Å². The Morgan fingerprint density at radius 1 is 1.38 bits per heavy atom. The van der Waals surface area contributed by atoms with E-state index in [0.29, 0.717) is 23.7 Å². The molecular formula is C16H23N3O2. The normalized spacial score (nSPS) is 18.0. The molecule has 21 heavy (non-hydrogen) atoms. The van der Waals surface area contributed by atoms with Gasteiger partial charge in [0.15, 0.2) is 0 Å². The summed E-state index contributed by atoms with van der Waals surface area (Å²) in [5.74, 6) is -0.569. The van der Waals surface area contributed by atoms with Gasteiger partial charge in [-0.25, -0.2) is 0 Å². The molecule has 114 valence electrons. The molecule has 2 rings (SSSR count). The molecule has 1 unspecified atom stereocenters. The van der Waals surface area contributed by atoms with Gasteiger partial charge in [0, 0.05) is 29.8 Å². The smallest absolute Gasteiger partial charge is 0.254 e. The van der Waals surface area contributed by atoms with Gasteiger partial charge in [-0.05, 0) is 51.4 Å². The van der Waals surface area contributed by atoms with E-state index in [9.17, 15) is 9.59 Å². The number of carbonyl (C=O) groups is 2. The average molecular weight is 289 g/mol. The number of benzene rings is 1. The molecule has 5 nitrogen and oxygen atoms in total. The summed E-state index contributed by atoms with van der Waals surface area (Å²) in [5.41, 5.74) is 6.15. The van der Waals surface area contributed by atoms with Gasteiger partial charge in [-0.2, -0.15) is 0 Å². The Hall–Kier alpha value is -1.88. The summed E-state index contributed by atoms with van der Waals surface area (Å²) >= 11 is 0. The molecule has 1 saturated heterocycles. The Bertz CT molecular complexity index is 522. The lowest BCUT2D eigenvalue weighted by molar-refractivity contribution is 0.0689. The third kappa shape index (κ3) is 3.82. The lowest BCUT2D eigenvalue weighted by Crippen LogP contribution is -2.44. The minimum absolute atomic E-state index is 0.0539.